The van der Waals surface area contributed by atoms with Crippen molar-refractivity contribution in [2.24, 2.45) is 0 Å². The van der Waals surface area contributed by atoms with Crippen LogP contribution in [-0.2, 0) is 4.79 Å². The lowest BCUT2D eigenvalue weighted by Gasteiger charge is -2.30. The number of nitrogens with one attached hydrogen (secondary N) is 3. The molecule has 1 aliphatic heterocycles. The Hall–Kier alpha value is -4.43. The number of carbonyl (C=O) groups is 2. The fraction of sp³-hybridized carbons (Fsp3) is 0.0769. The molecule has 0 saturated carbocycles. The van der Waals surface area contributed by atoms with Crippen LogP contribution in [0.4, 0.5) is 17.2 Å². The summed E-state index contributed by atoms with van der Waals surface area (Å²) < 4.78 is 1.65. The standard InChI is InChI=1S/C26H21ClN6O2/c1-16-22(26(35)32-20-9-7-18(27)8-10-20)23(17-11-13-28-14-12-17)33-24(30-16)21(15-29-33)25(34)31-19-5-3-2-4-6-19/h2-15,23,30H,1H3,(H,31,34)(H,32,35)/t23-/m0/s1. The molecule has 1 aliphatic rings. The van der Waals surface area contributed by atoms with Crippen molar-refractivity contribution in [2.75, 3.05) is 16.0 Å². The Morgan fingerprint density at radius 3 is 2.29 bits per heavy atom. The Bertz CT molecular complexity index is 1420. The molecule has 0 aliphatic carbocycles. The van der Waals surface area contributed by atoms with Crippen LogP contribution in [0.3, 0.4) is 0 Å². The number of allylic oxidation sites excluding steroid dienone is 1. The van der Waals surface area contributed by atoms with E-state index in [0.717, 1.165) is 5.56 Å². The van der Waals surface area contributed by atoms with Crippen molar-refractivity contribution in [3.63, 3.8) is 0 Å². The molecule has 3 N–H and O–H groups in total. The van der Waals surface area contributed by atoms with Gasteiger partial charge in [0.1, 0.15) is 17.4 Å². The van der Waals surface area contributed by atoms with Crippen LogP contribution in [0.5, 0.6) is 0 Å². The van der Waals surface area contributed by atoms with E-state index in [1.165, 1.54) is 6.20 Å². The minimum absolute atomic E-state index is 0.296. The number of carbonyl (C=O) groups excluding carboxylic acids is 2. The molecule has 1 atom stereocenters. The molecule has 8 nitrogen and oxygen atoms in total. The predicted octanol–water partition coefficient (Wildman–Crippen LogP) is 5.11. The Morgan fingerprint density at radius 2 is 1.57 bits per heavy atom. The molecule has 0 unspecified atom stereocenters. The highest BCUT2D eigenvalue weighted by molar-refractivity contribution is 6.30. The zero-order chi connectivity index (χ0) is 24.4. The van der Waals surface area contributed by atoms with E-state index in [1.807, 2.05) is 42.5 Å². The van der Waals surface area contributed by atoms with Gasteiger partial charge in [-0.05, 0) is 61.0 Å². The maximum atomic E-state index is 13.5. The van der Waals surface area contributed by atoms with Crippen LogP contribution in [0.1, 0.15) is 28.9 Å². The van der Waals surface area contributed by atoms with Crippen molar-refractivity contribution < 1.29 is 9.59 Å². The van der Waals surface area contributed by atoms with Gasteiger partial charge in [0.15, 0.2) is 0 Å². The number of amides is 2. The Balaban J connectivity index is 1.52. The number of anilines is 3. The van der Waals surface area contributed by atoms with E-state index >= 15 is 0 Å². The number of halogens is 1. The van der Waals surface area contributed by atoms with Crippen molar-refractivity contribution in [2.45, 2.75) is 13.0 Å². The van der Waals surface area contributed by atoms with Gasteiger partial charge in [0, 0.05) is 34.5 Å². The summed E-state index contributed by atoms with van der Waals surface area (Å²) in [6.45, 7) is 1.81. The summed E-state index contributed by atoms with van der Waals surface area (Å²) >= 11 is 5.98. The summed E-state index contributed by atoms with van der Waals surface area (Å²) in [6.07, 6.45) is 4.82. The third kappa shape index (κ3) is 4.51. The molecule has 0 bridgehead atoms. The van der Waals surface area contributed by atoms with E-state index < -0.39 is 6.04 Å². The summed E-state index contributed by atoms with van der Waals surface area (Å²) in [5, 5.41) is 14.1. The molecule has 0 saturated heterocycles. The molecule has 3 heterocycles. The highest BCUT2D eigenvalue weighted by Gasteiger charge is 2.35. The van der Waals surface area contributed by atoms with Gasteiger partial charge in [0.2, 0.25) is 0 Å². The zero-order valence-electron chi connectivity index (χ0n) is 18.7. The number of para-hydroxylation sites is 1. The number of aromatic nitrogens is 3. The molecule has 2 amide bonds. The third-order valence-corrected chi connectivity index (χ3v) is 5.92. The van der Waals surface area contributed by atoms with Crippen LogP contribution in [0.15, 0.2) is 96.6 Å². The topological polar surface area (TPSA) is 101 Å². The molecule has 4 aromatic rings. The van der Waals surface area contributed by atoms with Crippen LogP contribution in [0, 0.1) is 0 Å². The van der Waals surface area contributed by atoms with Gasteiger partial charge in [-0.15, -0.1) is 0 Å². The van der Waals surface area contributed by atoms with Gasteiger partial charge >= 0.3 is 0 Å². The second-order valence-electron chi connectivity index (χ2n) is 7.98. The molecular weight excluding hydrogens is 464 g/mol. The van der Waals surface area contributed by atoms with Crippen molar-refractivity contribution in [3.05, 3.63) is 113 Å². The normalized spacial score (nSPS) is 14.6. The second kappa shape index (κ2) is 9.44. The third-order valence-electron chi connectivity index (χ3n) is 5.67. The van der Waals surface area contributed by atoms with Gasteiger partial charge < -0.3 is 16.0 Å². The van der Waals surface area contributed by atoms with Crippen molar-refractivity contribution in [1.82, 2.24) is 14.8 Å². The minimum Gasteiger partial charge on any atom is -0.343 e. The Labute approximate surface area is 206 Å². The molecule has 0 spiro atoms. The molecule has 5 rings (SSSR count). The summed E-state index contributed by atoms with van der Waals surface area (Å²) in [5.74, 6) is -0.100. The highest BCUT2D eigenvalue weighted by atomic mass is 35.5. The number of hydrogen-bond acceptors (Lipinski definition) is 5. The number of benzene rings is 2. The SMILES string of the molecule is CC1=C(C(=O)Nc2ccc(Cl)cc2)[C@H](c2ccncc2)n2ncc(C(=O)Nc3ccccc3)c2N1. The minimum atomic E-state index is -0.570. The predicted molar refractivity (Wildman–Crippen MR) is 135 cm³/mol. The maximum Gasteiger partial charge on any atom is 0.261 e. The van der Waals surface area contributed by atoms with E-state index in [-0.39, 0.29) is 11.8 Å². The van der Waals surface area contributed by atoms with Gasteiger partial charge in [-0.2, -0.15) is 5.10 Å². The van der Waals surface area contributed by atoms with Crippen molar-refractivity contribution >= 4 is 40.6 Å². The molecule has 0 fully saturated rings. The van der Waals surface area contributed by atoms with Crippen LogP contribution >= 0.6 is 11.6 Å². The Kier molecular flexibility index (Phi) is 6.03. The van der Waals surface area contributed by atoms with E-state index in [4.69, 9.17) is 11.6 Å². The molecule has 2 aromatic heterocycles. The van der Waals surface area contributed by atoms with Crippen LogP contribution in [-0.4, -0.2) is 26.6 Å². The zero-order valence-corrected chi connectivity index (χ0v) is 19.5. The maximum absolute atomic E-state index is 13.5. The van der Waals surface area contributed by atoms with E-state index in [0.29, 0.717) is 39.0 Å². The van der Waals surface area contributed by atoms with Gasteiger partial charge in [0.05, 0.1) is 11.8 Å². The fourth-order valence-corrected chi connectivity index (χ4v) is 4.15. The number of hydrogen-bond donors (Lipinski definition) is 3. The van der Waals surface area contributed by atoms with Crippen LogP contribution in [0.25, 0.3) is 0 Å². The first kappa shape index (κ1) is 22.4. The Morgan fingerprint density at radius 1 is 0.914 bits per heavy atom. The smallest absolute Gasteiger partial charge is 0.261 e. The van der Waals surface area contributed by atoms with E-state index in [9.17, 15) is 9.59 Å². The van der Waals surface area contributed by atoms with Gasteiger partial charge in [-0.25, -0.2) is 4.68 Å². The van der Waals surface area contributed by atoms with Crippen LogP contribution in [0.2, 0.25) is 5.02 Å². The summed E-state index contributed by atoms with van der Waals surface area (Å²) in [5.41, 5.74) is 3.54. The first-order chi connectivity index (χ1) is 17.0. The number of pyridine rings is 1. The number of rotatable bonds is 5. The average Bonchev–Trinajstić information content (AvgIpc) is 3.29. The highest BCUT2D eigenvalue weighted by Crippen LogP contribution is 2.37. The first-order valence-corrected chi connectivity index (χ1v) is 11.3. The summed E-state index contributed by atoms with van der Waals surface area (Å²) in [7, 11) is 0. The number of nitrogens with zero attached hydrogens (tertiary/aromatic N) is 3. The average molecular weight is 485 g/mol. The molecule has 9 heteroatoms. The van der Waals surface area contributed by atoms with Gasteiger partial charge in [-0.1, -0.05) is 29.8 Å². The lowest BCUT2D eigenvalue weighted by atomic mass is 9.95. The summed E-state index contributed by atoms with van der Waals surface area (Å²) in [6, 6.07) is 19.2. The van der Waals surface area contributed by atoms with Crippen LogP contribution < -0.4 is 16.0 Å². The van der Waals surface area contributed by atoms with E-state index in [2.05, 4.69) is 26.0 Å². The molecule has 2 aromatic carbocycles. The van der Waals surface area contributed by atoms with Gasteiger partial charge in [-0.3, -0.25) is 14.6 Å². The monoisotopic (exact) mass is 484 g/mol. The second-order valence-corrected chi connectivity index (χ2v) is 8.42. The quantitative estimate of drug-likeness (QED) is 0.365. The lowest BCUT2D eigenvalue weighted by Crippen LogP contribution is -2.32. The molecule has 0 radical (unpaired) electrons. The first-order valence-electron chi connectivity index (χ1n) is 10.9. The van der Waals surface area contributed by atoms with E-state index in [1.54, 1.807) is 48.3 Å². The van der Waals surface area contributed by atoms with Gasteiger partial charge in [0.25, 0.3) is 11.8 Å². The van der Waals surface area contributed by atoms with Crippen molar-refractivity contribution in [1.29, 1.82) is 0 Å². The van der Waals surface area contributed by atoms with Crippen molar-refractivity contribution in [3.8, 4) is 0 Å². The summed E-state index contributed by atoms with van der Waals surface area (Å²) in [4.78, 5) is 30.6. The fourth-order valence-electron chi connectivity index (χ4n) is 4.02. The lowest BCUT2D eigenvalue weighted by molar-refractivity contribution is -0.113. The molecule has 35 heavy (non-hydrogen) atoms. The largest absolute Gasteiger partial charge is 0.343 e. The molecule has 174 valence electrons. The molecular formula is C26H21ClN6O2. The number of fused-ring (bicyclic) bond motifs is 1.